The van der Waals surface area contributed by atoms with Crippen molar-refractivity contribution in [2.24, 2.45) is 10.2 Å². The van der Waals surface area contributed by atoms with Crippen LogP contribution in [-0.4, -0.2) is 16.1 Å². The van der Waals surface area contributed by atoms with Gasteiger partial charge in [-0.1, -0.05) is 20.8 Å². The number of azo groups is 1. The van der Waals surface area contributed by atoms with E-state index in [9.17, 15) is 18.0 Å². The number of nitrogens with zero attached hydrogens (tertiary/aromatic N) is 4. The fourth-order valence-electron chi connectivity index (χ4n) is 2.69. The molecule has 1 N–H and O–H groups in total. The Hall–Kier alpha value is -3.74. The van der Waals surface area contributed by atoms with E-state index in [1.54, 1.807) is 6.07 Å². The highest BCUT2D eigenvalue weighted by molar-refractivity contribution is 5.92. The number of rotatable bonds is 4. The minimum absolute atomic E-state index is 0.0750. The highest BCUT2D eigenvalue weighted by Gasteiger charge is 2.34. The van der Waals surface area contributed by atoms with E-state index in [4.69, 9.17) is 9.68 Å². The summed E-state index contributed by atoms with van der Waals surface area (Å²) >= 11 is 0. The molecule has 1 amide bonds. The first-order chi connectivity index (χ1) is 14.5. The van der Waals surface area contributed by atoms with Crippen LogP contribution >= 0.6 is 0 Å². The Bertz CT molecular complexity index is 1180. The van der Waals surface area contributed by atoms with Gasteiger partial charge in [-0.2, -0.15) is 28.6 Å². The Labute approximate surface area is 175 Å². The molecule has 31 heavy (non-hydrogen) atoms. The summed E-state index contributed by atoms with van der Waals surface area (Å²) in [5.74, 6) is -0.115. The molecule has 0 fully saturated rings. The number of hydrogen-bond acceptors (Lipinski definition) is 5. The normalized spacial score (nSPS) is 12.3. The lowest BCUT2D eigenvalue weighted by Gasteiger charge is -2.13. The minimum Gasteiger partial charge on any atom is -0.459 e. The van der Waals surface area contributed by atoms with E-state index in [0.717, 1.165) is 12.1 Å². The molecule has 1 aromatic carbocycles. The number of aromatic nitrogens is 2. The molecule has 160 valence electrons. The SMILES string of the molecule is CC(C)(C)c1cc(C(=O)N=NCc2ccc(-c3ccc(C#N)c(C(F)(F)F)c3)o2)[nH]n1. The predicted octanol–water partition coefficient (Wildman–Crippen LogP) is 5.65. The number of aromatic amines is 1. The van der Waals surface area contributed by atoms with Crippen LogP contribution in [-0.2, 0) is 18.1 Å². The minimum atomic E-state index is -4.66. The third-order valence-corrected chi connectivity index (χ3v) is 4.36. The van der Waals surface area contributed by atoms with Crippen LogP contribution in [0.3, 0.4) is 0 Å². The van der Waals surface area contributed by atoms with Gasteiger partial charge < -0.3 is 4.42 Å². The van der Waals surface area contributed by atoms with Gasteiger partial charge in [0.05, 0.1) is 22.9 Å². The zero-order valence-corrected chi connectivity index (χ0v) is 16.9. The van der Waals surface area contributed by atoms with E-state index < -0.39 is 23.2 Å². The fraction of sp³-hybridized carbons (Fsp3) is 0.286. The molecule has 0 aliphatic carbocycles. The topological polar surface area (TPSA) is 107 Å². The van der Waals surface area contributed by atoms with E-state index in [-0.39, 0.29) is 29.0 Å². The van der Waals surface area contributed by atoms with Crippen LogP contribution < -0.4 is 0 Å². The molecule has 0 spiro atoms. The van der Waals surface area contributed by atoms with Crippen LogP contribution in [0.4, 0.5) is 13.2 Å². The maximum absolute atomic E-state index is 13.1. The van der Waals surface area contributed by atoms with Gasteiger partial charge in [0.1, 0.15) is 23.8 Å². The molecule has 0 saturated carbocycles. The van der Waals surface area contributed by atoms with E-state index in [1.165, 1.54) is 24.3 Å². The number of carbonyl (C=O) groups excluding carboxylic acids is 1. The molecule has 3 aromatic rings. The van der Waals surface area contributed by atoms with Crippen LogP contribution in [0.25, 0.3) is 11.3 Å². The maximum Gasteiger partial charge on any atom is 0.417 e. The second-order valence-corrected chi connectivity index (χ2v) is 7.76. The number of amides is 1. The third-order valence-electron chi connectivity index (χ3n) is 4.36. The molecule has 10 heteroatoms. The molecule has 0 radical (unpaired) electrons. The zero-order valence-electron chi connectivity index (χ0n) is 16.9. The van der Waals surface area contributed by atoms with Crippen LogP contribution in [0.1, 0.15) is 53.8 Å². The van der Waals surface area contributed by atoms with Crippen LogP contribution in [0, 0.1) is 11.3 Å². The van der Waals surface area contributed by atoms with Crippen molar-refractivity contribution in [3.8, 4) is 17.4 Å². The van der Waals surface area contributed by atoms with Crippen LogP contribution in [0.15, 0.2) is 51.0 Å². The van der Waals surface area contributed by atoms with Gasteiger partial charge in [-0.3, -0.25) is 9.89 Å². The summed E-state index contributed by atoms with van der Waals surface area (Å²) in [5.41, 5.74) is -0.659. The van der Waals surface area contributed by atoms with Gasteiger partial charge in [-0.05, 0) is 36.4 Å². The first-order valence-electron chi connectivity index (χ1n) is 9.17. The summed E-state index contributed by atoms with van der Waals surface area (Å²) in [6, 6.07) is 9.47. The predicted molar refractivity (Wildman–Crippen MR) is 104 cm³/mol. The third kappa shape index (κ3) is 5.06. The maximum atomic E-state index is 13.1. The molecule has 0 aliphatic rings. The zero-order chi connectivity index (χ0) is 22.8. The smallest absolute Gasteiger partial charge is 0.417 e. The number of alkyl halides is 3. The molecule has 0 bridgehead atoms. The van der Waals surface area contributed by atoms with E-state index in [2.05, 4.69) is 20.4 Å². The number of halogens is 3. The lowest BCUT2D eigenvalue weighted by molar-refractivity contribution is -0.137. The number of benzene rings is 1. The number of hydrogen-bond donors (Lipinski definition) is 1. The van der Waals surface area contributed by atoms with E-state index in [0.29, 0.717) is 11.5 Å². The van der Waals surface area contributed by atoms with Crippen LogP contribution in [0.5, 0.6) is 0 Å². The summed E-state index contributed by atoms with van der Waals surface area (Å²) in [6.07, 6.45) is -4.66. The average molecular weight is 429 g/mol. The van der Waals surface area contributed by atoms with Gasteiger partial charge in [0.25, 0.3) is 0 Å². The second kappa shape index (κ2) is 8.18. The lowest BCUT2D eigenvalue weighted by atomic mass is 9.92. The van der Waals surface area contributed by atoms with Crippen molar-refractivity contribution in [3.63, 3.8) is 0 Å². The van der Waals surface area contributed by atoms with Crippen molar-refractivity contribution in [1.29, 1.82) is 5.26 Å². The molecule has 2 heterocycles. The van der Waals surface area contributed by atoms with Crippen molar-refractivity contribution in [2.75, 3.05) is 0 Å². The number of nitrogens with one attached hydrogen (secondary N) is 1. The summed E-state index contributed by atoms with van der Waals surface area (Å²) in [4.78, 5) is 12.1. The van der Waals surface area contributed by atoms with Crippen molar-refractivity contribution in [1.82, 2.24) is 10.2 Å². The van der Waals surface area contributed by atoms with Crippen LogP contribution in [0.2, 0.25) is 0 Å². The van der Waals surface area contributed by atoms with Gasteiger partial charge in [0.15, 0.2) is 0 Å². The summed E-state index contributed by atoms with van der Waals surface area (Å²) < 4.78 is 44.9. The van der Waals surface area contributed by atoms with Gasteiger partial charge in [0, 0.05) is 11.0 Å². The number of furan rings is 1. The Morgan fingerprint density at radius 3 is 2.55 bits per heavy atom. The molecule has 3 rings (SSSR count). The summed E-state index contributed by atoms with van der Waals surface area (Å²) in [7, 11) is 0. The average Bonchev–Trinajstić information content (AvgIpc) is 3.36. The Morgan fingerprint density at radius 2 is 1.94 bits per heavy atom. The van der Waals surface area contributed by atoms with Crippen molar-refractivity contribution in [2.45, 2.75) is 38.9 Å². The number of nitriles is 1. The quantitative estimate of drug-likeness (QED) is 0.541. The molecule has 0 aliphatic heterocycles. The highest BCUT2D eigenvalue weighted by Crippen LogP contribution is 2.35. The molecule has 2 aromatic heterocycles. The number of H-pyrrole nitrogens is 1. The molecule has 7 nitrogen and oxygen atoms in total. The summed E-state index contributed by atoms with van der Waals surface area (Å²) in [5, 5.41) is 23.0. The van der Waals surface area contributed by atoms with Gasteiger partial charge in [-0.15, -0.1) is 5.11 Å². The van der Waals surface area contributed by atoms with E-state index >= 15 is 0 Å². The monoisotopic (exact) mass is 429 g/mol. The Balaban J connectivity index is 1.71. The van der Waals surface area contributed by atoms with Crippen molar-refractivity contribution < 1.29 is 22.4 Å². The first-order valence-corrected chi connectivity index (χ1v) is 9.17. The van der Waals surface area contributed by atoms with Crippen molar-refractivity contribution >= 4 is 5.91 Å². The summed E-state index contributed by atoms with van der Waals surface area (Å²) in [6.45, 7) is 5.80. The highest BCUT2D eigenvalue weighted by atomic mass is 19.4. The fourth-order valence-corrected chi connectivity index (χ4v) is 2.69. The standard InChI is InChI=1S/C21H18F3N5O2/c1-20(2,3)18-9-16(27-28-18)19(30)29-26-11-14-6-7-17(31-14)12-4-5-13(10-25)15(8-12)21(22,23)24/h4-9H,11H2,1-3H3,(H,27,28). The van der Waals surface area contributed by atoms with Crippen molar-refractivity contribution in [3.05, 3.63) is 64.7 Å². The molecule has 0 unspecified atom stereocenters. The van der Waals surface area contributed by atoms with Gasteiger partial charge in [-0.25, -0.2) is 0 Å². The lowest BCUT2D eigenvalue weighted by Crippen LogP contribution is -2.11. The molecular weight excluding hydrogens is 411 g/mol. The Kier molecular flexibility index (Phi) is 5.79. The second-order valence-electron chi connectivity index (χ2n) is 7.76. The first kappa shape index (κ1) is 22.0. The molecular formula is C21H18F3N5O2. The van der Waals surface area contributed by atoms with Gasteiger partial charge >= 0.3 is 12.1 Å². The molecule has 0 saturated heterocycles. The van der Waals surface area contributed by atoms with E-state index in [1.807, 2.05) is 20.8 Å². The largest absolute Gasteiger partial charge is 0.459 e. The number of carbonyl (C=O) groups is 1. The van der Waals surface area contributed by atoms with Gasteiger partial charge in [0.2, 0.25) is 0 Å². The Morgan fingerprint density at radius 1 is 1.19 bits per heavy atom. The molecule has 0 atom stereocenters.